The van der Waals surface area contributed by atoms with Gasteiger partial charge < -0.3 is 5.32 Å². The first-order valence-electron chi connectivity index (χ1n) is 7.32. The van der Waals surface area contributed by atoms with Gasteiger partial charge in [0.05, 0.1) is 5.75 Å². The van der Waals surface area contributed by atoms with Crippen LogP contribution in [0.1, 0.15) is 5.56 Å². The molecular weight excluding hydrogens is 370 g/mol. The molecule has 0 saturated heterocycles. The molecule has 116 valence electrons. The van der Waals surface area contributed by atoms with Crippen LogP contribution in [-0.2, 0) is 10.5 Å². The molecule has 0 bridgehead atoms. The number of hydrogen-bond donors (Lipinski definition) is 1. The van der Waals surface area contributed by atoms with Crippen LogP contribution in [0.25, 0.3) is 10.8 Å². The SMILES string of the molecule is O=C(CSCc1cccc(Br)c1)Nc1cccc2ccccc12. The number of carbonyl (C=O) groups is 1. The Hall–Kier alpha value is -1.78. The second-order valence-corrected chi connectivity index (χ2v) is 7.10. The van der Waals surface area contributed by atoms with Gasteiger partial charge >= 0.3 is 0 Å². The molecule has 1 amide bonds. The average Bonchev–Trinajstić information content (AvgIpc) is 2.55. The summed E-state index contributed by atoms with van der Waals surface area (Å²) in [4.78, 5) is 12.2. The number of halogens is 1. The normalized spacial score (nSPS) is 10.7. The lowest BCUT2D eigenvalue weighted by Gasteiger charge is -2.08. The Morgan fingerprint density at radius 2 is 1.78 bits per heavy atom. The van der Waals surface area contributed by atoms with Crippen LogP contribution < -0.4 is 5.32 Å². The molecule has 0 aliphatic rings. The summed E-state index contributed by atoms with van der Waals surface area (Å²) < 4.78 is 1.07. The lowest BCUT2D eigenvalue weighted by Crippen LogP contribution is -2.14. The summed E-state index contributed by atoms with van der Waals surface area (Å²) in [5, 5.41) is 5.21. The van der Waals surface area contributed by atoms with Crippen molar-refractivity contribution in [1.82, 2.24) is 0 Å². The van der Waals surface area contributed by atoms with E-state index in [2.05, 4.69) is 33.4 Å². The topological polar surface area (TPSA) is 29.1 Å². The van der Waals surface area contributed by atoms with Crippen LogP contribution in [0.4, 0.5) is 5.69 Å². The van der Waals surface area contributed by atoms with E-state index >= 15 is 0 Å². The van der Waals surface area contributed by atoms with Crippen molar-refractivity contribution in [2.45, 2.75) is 5.75 Å². The van der Waals surface area contributed by atoms with E-state index in [0.717, 1.165) is 26.7 Å². The minimum Gasteiger partial charge on any atom is -0.325 e. The van der Waals surface area contributed by atoms with Gasteiger partial charge in [-0.25, -0.2) is 0 Å². The maximum absolute atomic E-state index is 12.2. The van der Waals surface area contributed by atoms with Gasteiger partial charge in [0.2, 0.25) is 5.91 Å². The third kappa shape index (κ3) is 4.36. The highest BCUT2D eigenvalue weighted by molar-refractivity contribution is 9.10. The van der Waals surface area contributed by atoms with Crippen LogP contribution in [0.3, 0.4) is 0 Å². The van der Waals surface area contributed by atoms with Gasteiger partial charge in [0, 0.05) is 21.3 Å². The molecule has 0 unspecified atom stereocenters. The number of carbonyl (C=O) groups excluding carboxylic acids is 1. The molecule has 0 heterocycles. The summed E-state index contributed by atoms with van der Waals surface area (Å²) >= 11 is 5.08. The second-order valence-electron chi connectivity index (χ2n) is 5.20. The molecule has 2 nitrogen and oxygen atoms in total. The Bertz CT molecular complexity index is 829. The van der Waals surface area contributed by atoms with Crippen molar-refractivity contribution in [2.24, 2.45) is 0 Å². The molecule has 3 rings (SSSR count). The third-order valence-electron chi connectivity index (χ3n) is 3.45. The first-order chi connectivity index (χ1) is 11.2. The van der Waals surface area contributed by atoms with Crippen molar-refractivity contribution < 1.29 is 4.79 Å². The highest BCUT2D eigenvalue weighted by Gasteiger charge is 2.06. The number of anilines is 1. The molecule has 3 aromatic rings. The molecule has 3 aromatic carbocycles. The zero-order valence-corrected chi connectivity index (χ0v) is 14.9. The molecule has 0 atom stereocenters. The highest BCUT2D eigenvalue weighted by Crippen LogP contribution is 2.23. The zero-order chi connectivity index (χ0) is 16.1. The van der Waals surface area contributed by atoms with Gasteiger partial charge in [-0.3, -0.25) is 4.79 Å². The van der Waals surface area contributed by atoms with Gasteiger partial charge in [-0.15, -0.1) is 11.8 Å². The fraction of sp³-hybridized carbons (Fsp3) is 0.105. The van der Waals surface area contributed by atoms with Gasteiger partial charge in [-0.1, -0.05) is 64.5 Å². The number of nitrogens with one attached hydrogen (secondary N) is 1. The maximum Gasteiger partial charge on any atom is 0.234 e. The van der Waals surface area contributed by atoms with Crippen molar-refractivity contribution in [1.29, 1.82) is 0 Å². The molecule has 0 saturated carbocycles. The third-order valence-corrected chi connectivity index (χ3v) is 4.95. The van der Waals surface area contributed by atoms with Gasteiger partial charge in [0.1, 0.15) is 0 Å². The van der Waals surface area contributed by atoms with E-state index in [4.69, 9.17) is 0 Å². The molecule has 4 heteroatoms. The van der Waals surface area contributed by atoms with Crippen molar-refractivity contribution >= 4 is 50.1 Å². The first-order valence-corrected chi connectivity index (χ1v) is 9.27. The Labute approximate surface area is 148 Å². The van der Waals surface area contributed by atoms with Gasteiger partial charge in [0.15, 0.2) is 0 Å². The van der Waals surface area contributed by atoms with Gasteiger partial charge in [-0.05, 0) is 29.1 Å². The lowest BCUT2D eigenvalue weighted by atomic mass is 10.1. The minimum atomic E-state index is 0.0290. The summed E-state index contributed by atoms with van der Waals surface area (Å²) in [5.41, 5.74) is 2.08. The molecular formula is C19H16BrNOS. The fourth-order valence-corrected chi connectivity index (χ4v) is 3.63. The monoisotopic (exact) mass is 385 g/mol. The second kappa shape index (κ2) is 7.66. The average molecular weight is 386 g/mol. The maximum atomic E-state index is 12.2. The predicted molar refractivity (Wildman–Crippen MR) is 103 cm³/mol. The predicted octanol–water partition coefficient (Wildman–Crippen LogP) is 5.47. The van der Waals surface area contributed by atoms with Crippen molar-refractivity contribution in [3.8, 4) is 0 Å². The van der Waals surface area contributed by atoms with E-state index in [9.17, 15) is 4.79 Å². The molecule has 23 heavy (non-hydrogen) atoms. The molecule has 0 aromatic heterocycles. The summed E-state index contributed by atoms with van der Waals surface area (Å²) in [5.74, 6) is 1.29. The number of fused-ring (bicyclic) bond motifs is 1. The van der Waals surface area contributed by atoms with E-state index < -0.39 is 0 Å². The van der Waals surface area contributed by atoms with Crippen molar-refractivity contribution in [3.63, 3.8) is 0 Å². The van der Waals surface area contributed by atoms with Crippen LogP contribution in [-0.4, -0.2) is 11.7 Å². The van der Waals surface area contributed by atoms with Crippen LogP contribution in [0.15, 0.2) is 71.2 Å². The standard InChI is InChI=1S/C19H16BrNOS/c20-16-8-3-5-14(11-16)12-23-13-19(22)21-18-10-4-7-15-6-1-2-9-17(15)18/h1-11H,12-13H2,(H,21,22). The van der Waals surface area contributed by atoms with E-state index in [1.807, 2.05) is 54.6 Å². The van der Waals surface area contributed by atoms with Gasteiger partial charge in [0.25, 0.3) is 0 Å². The van der Waals surface area contributed by atoms with Crippen LogP contribution in [0.5, 0.6) is 0 Å². The van der Waals surface area contributed by atoms with E-state index in [0.29, 0.717) is 5.75 Å². The number of rotatable bonds is 5. The molecule has 0 fully saturated rings. The van der Waals surface area contributed by atoms with E-state index in [1.54, 1.807) is 11.8 Å². The number of amides is 1. The van der Waals surface area contributed by atoms with Gasteiger partial charge in [-0.2, -0.15) is 0 Å². The molecule has 0 aliphatic carbocycles. The van der Waals surface area contributed by atoms with Crippen LogP contribution >= 0.6 is 27.7 Å². The Morgan fingerprint density at radius 1 is 1.00 bits per heavy atom. The number of benzene rings is 3. The zero-order valence-electron chi connectivity index (χ0n) is 12.5. The summed E-state index contributed by atoms with van der Waals surface area (Å²) in [6.45, 7) is 0. The van der Waals surface area contributed by atoms with Crippen LogP contribution in [0.2, 0.25) is 0 Å². The molecule has 0 radical (unpaired) electrons. The quantitative estimate of drug-likeness (QED) is 0.630. The Kier molecular flexibility index (Phi) is 5.36. The van der Waals surface area contributed by atoms with E-state index in [-0.39, 0.29) is 5.91 Å². The number of hydrogen-bond acceptors (Lipinski definition) is 2. The summed E-state index contributed by atoms with van der Waals surface area (Å²) in [6, 6.07) is 22.2. The van der Waals surface area contributed by atoms with Crippen molar-refractivity contribution in [3.05, 3.63) is 76.8 Å². The Morgan fingerprint density at radius 3 is 2.65 bits per heavy atom. The number of thioether (sulfide) groups is 1. The summed E-state index contributed by atoms with van der Waals surface area (Å²) in [7, 11) is 0. The fourth-order valence-electron chi connectivity index (χ4n) is 2.41. The largest absolute Gasteiger partial charge is 0.325 e. The molecule has 0 spiro atoms. The van der Waals surface area contributed by atoms with E-state index in [1.165, 1.54) is 5.56 Å². The smallest absolute Gasteiger partial charge is 0.234 e. The molecule has 0 aliphatic heterocycles. The van der Waals surface area contributed by atoms with Crippen LogP contribution in [0, 0.1) is 0 Å². The Balaban J connectivity index is 1.59. The van der Waals surface area contributed by atoms with Crippen molar-refractivity contribution in [2.75, 3.05) is 11.1 Å². The lowest BCUT2D eigenvalue weighted by molar-refractivity contribution is -0.113. The first kappa shape index (κ1) is 16.1. The minimum absolute atomic E-state index is 0.0290. The summed E-state index contributed by atoms with van der Waals surface area (Å²) in [6.07, 6.45) is 0. The highest BCUT2D eigenvalue weighted by atomic mass is 79.9. The molecule has 1 N–H and O–H groups in total.